The molecular weight excluding hydrogens is 151 g/mol. The van der Waals surface area contributed by atoms with Gasteiger partial charge < -0.3 is 9.68 Å². The second-order valence-electron chi connectivity index (χ2n) is 3.22. The number of hydrogen-bond donors (Lipinski definition) is 1. The zero-order chi connectivity index (χ0) is 8.55. The van der Waals surface area contributed by atoms with Crippen LogP contribution in [-0.2, 0) is 4.65 Å². The molecule has 0 amide bonds. The van der Waals surface area contributed by atoms with E-state index in [0.29, 0.717) is 12.5 Å². The third-order valence-corrected chi connectivity index (χ3v) is 2.19. The molecule has 0 saturated carbocycles. The van der Waals surface area contributed by atoms with Crippen LogP contribution >= 0.6 is 0 Å². The van der Waals surface area contributed by atoms with Gasteiger partial charge in [0, 0.05) is 0 Å². The predicted molar refractivity (Wildman–Crippen MR) is 48.4 cm³/mol. The smallest absolute Gasteiger partial charge is 0.423 e. The average Bonchev–Trinajstić information content (AvgIpc) is 2.31. The van der Waals surface area contributed by atoms with Crippen LogP contribution in [0.15, 0.2) is 35.3 Å². The van der Waals surface area contributed by atoms with E-state index >= 15 is 0 Å². The monoisotopic (exact) mass is 162 g/mol. The normalized spacial score (nSPS) is 27.8. The lowest BCUT2D eigenvalue weighted by Gasteiger charge is -1.98. The molecule has 1 heterocycles. The Labute approximate surface area is 72.4 Å². The van der Waals surface area contributed by atoms with Gasteiger partial charge >= 0.3 is 7.12 Å². The predicted octanol–water partition coefficient (Wildman–Crippen LogP) is 1.09. The molecule has 0 aromatic carbocycles. The van der Waals surface area contributed by atoms with E-state index in [4.69, 9.17) is 4.65 Å². The van der Waals surface area contributed by atoms with Crippen LogP contribution in [0.1, 0.15) is 6.92 Å². The first-order valence-corrected chi connectivity index (χ1v) is 4.16. The van der Waals surface area contributed by atoms with Crippen LogP contribution in [0.5, 0.6) is 0 Å². The maximum absolute atomic E-state index is 9.37. The summed E-state index contributed by atoms with van der Waals surface area (Å²) in [7, 11) is -0.716. The molecule has 1 unspecified atom stereocenters. The third kappa shape index (κ3) is 1.26. The van der Waals surface area contributed by atoms with Crippen molar-refractivity contribution < 1.29 is 9.68 Å². The molecule has 0 spiro atoms. The van der Waals surface area contributed by atoms with Crippen LogP contribution in [0.3, 0.4) is 0 Å². The van der Waals surface area contributed by atoms with Gasteiger partial charge in [0.25, 0.3) is 0 Å². The Morgan fingerprint density at radius 3 is 3.33 bits per heavy atom. The molecular formula is C9H11BO2. The van der Waals surface area contributed by atoms with Crippen molar-refractivity contribution in [2.24, 2.45) is 5.92 Å². The molecule has 0 aromatic rings. The Hall–Kier alpha value is -0.795. The first-order valence-electron chi connectivity index (χ1n) is 4.16. The van der Waals surface area contributed by atoms with E-state index in [1.165, 1.54) is 0 Å². The van der Waals surface area contributed by atoms with Crippen molar-refractivity contribution in [2.45, 2.75) is 6.92 Å². The SMILES string of the molecule is CC1C=CC=C2B(O)OCC2=C1. The fraction of sp³-hybridized carbons (Fsp3) is 0.333. The van der Waals surface area contributed by atoms with E-state index in [1.807, 2.05) is 12.2 Å². The molecule has 1 N–H and O–H groups in total. The van der Waals surface area contributed by atoms with Gasteiger partial charge in [-0.1, -0.05) is 31.2 Å². The van der Waals surface area contributed by atoms with Gasteiger partial charge in [-0.15, -0.1) is 0 Å². The van der Waals surface area contributed by atoms with Crippen molar-refractivity contribution in [3.63, 3.8) is 0 Å². The van der Waals surface area contributed by atoms with Gasteiger partial charge in [0.15, 0.2) is 0 Å². The summed E-state index contributed by atoms with van der Waals surface area (Å²) in [5, 5.41) is 9.37. The van der Waals surface area contributed by atoms with Crippen molar-refractivity contribution in [3.05, 3.63) is 35.3 Å². The maximum atomic E-state index is 9.37. The van der Waals surface area contributed by atoms with E-state index in [9.17, 15) is 5.02 Å². The second kappa shape index (κ2) is 2.92. The molecule has 2 rings (SSSR count). The lowest BCUT2D eigenvalue weighted by molar-refractivity contribution is 0.316. The second-order valence-corrected chi connectivity index (χ2v) is 3.22. The maximum Gasteiger partial charge on any atom is 0.491 e. The molecule has 2 nitrogen and oxygen atoms in total. The zero-order valence-electron chi connectivity index (χ0n) is 7.03. The summed E-state index contributed by atoms with van der Waals surface area (Å²) in [6, 6.07) is 0. The minimum Gasteiger partial charge on any atom is -0.423 e. The van der Waals surface area contributed by atoms with Crippen molar-refractivity contribution in [1.29, 1.82) is 0 Å². The van der Waals surface area contributed by atoms with Crippen LogP contribution in [-0.4, -0.2) is 18.7 Å². The summed E-state index contributed by atoms with van der Waals surface area (Å²) < 4.78 is 5.09. The third-order valence-electron chi connectivity index (χ3n) is 2.19. The Morgan fingerprint density at radius 1 is 1.67 bits per heavy atom. The average molecular weight is 162 g/mol. The molecule has 3 heteroatoms. The van der Waals surface area contributed by atoms with Crippen molar-refractivity contribution in [3.8, 4) is 0 Å². The Kier molecular flexibility index (Phi) is 1.91. The lowest BCUT2D eigenvalue weighted by atomic mass is 9.77. The minimum atomic E-state index is -0.716. The molecule has 1 aliphatic carbocycles. The van der Waals surface area contributed by atoms with E-state index in [1.54, 1.807) is 0 Å². The molecule has 0 aromatic heterocycles. The zero-order valence-corrected chi connectivity index (χ0v) is 7.03. The highest BCUT2D eigenvalue weighted by Gasteiger charge is 2.30. The summed E-state index contributed by atoms with van der Waals surface area (Å²) >= 11 is 0. The van der Waals surface area contributed by atoms with E-state index in [-0.39, 0.29) is 0 Å². The molecule has 1 aliphatic heterocycles. The molecule has 0 bridgehead atoms. The van der Waals surface area contributed by atoms with Crippen LogP contribution < -0.4 is 0 Å². The van der Waals surface area contributed by atoms with Gasteiger partial charge in [0.05, 0.1) is 6.61 Å². The van der Waals surface area contributed by atoms with Gasteiger partial charge in [-0.3, -0.25) is 0 Å². The van der Waals surface area contributed by atoms with Crippen molar-refractivity contribution >= 4 is 7.12 Å². The van der Waals surface area contributed by atoms with Crippen LogP contribution in [0.4, 0.5) is 0 Å². The summed E-state index contributed by atoms with van der Waals surface area (Å²) in [6.45, 7) is 2.66. The molecule has 1 atom stereocenters. The summed E-state index contributed by atoms with van der Waals surface area (Å²) in [4.78, 5) is 0. The van der Waals surface area contributed by atoms with E-state index < -0.39 is 7.12 Å². The number of allylic oxidation sites excluding steroid dienone is 4. The van der Waals surface area contributed by atoms with Crippen LogP contribution in [0, 0.1) is 5.92 Å². The van der Waals surface area contributed by atoms with E-state index in [0.717, 1.165) is 11.0 Å². The molecule has 12 heavy (non-hydrogen) atoms. The van der Waals surface area contributed by atoms with Crippen LogP contribution in [0.25, 0.3) is 0 Å². The van der Waals surface area contributed by atoms with Gasteiger partial charge in [0.2, 0.25) is 0 Å². The van der Waals surface area contributed by atoms with Gasteiger partial charge in [-0.05, 0) is 17.0 Å². The highest BCUT2D eigenvalue weighted by molar-refractivity contribution is 6.55. The minimum absolute atomic E-state index is 0.433. The van der Waals surface area contributed by atoms with Gasteiger partial charge in [-0.2, -0.15) is 0 Å². The first-order chi connectivity index (χ1) is 5.77. The van der Waals surface area contributed by atoms with Gasteiger partial charge in [0.1, 0.15) is 0 Å². The molecule has 1 fully saturated rings. The highest BCUT2D eigenvalue weighted by atomic mass is 16.5. The summed E-state index contributed by atoms with van der Waals surface area (Å²) in [6.07, 6.45) is 8.13. The number of hydrogen-bond acceptors (Lipinski definition) is 2. The molecule has 2 aliphatic rings. The Balaban J connectivity index is 2.36. The summed E-state index contributed by atoms with van der Waals surface area (Å²) in [5.74, 6) is 0.433. The molecule has 62 valence electrons. The lowest BCUT2D eigenvalue weighted by Crippen LogP contribution is -2.12. The quantitative estimate of drug-likeness (QED) is 0.540. The largest absolute Gasteiger partial charge is 0.491 e. The van der Waals surface area contributed by atoms with E-state index in [2.05, 4.69) is 19.1 Å². The Bertz CT molecular complexity index is 278. The fourth-order valence-corrected chi connectivity index (χ4v) is 1.54. The number of rotatable bonds is 0. The van der Waals surface area contributed by atoms with Crippen LogP contribution in [0.2, 0.25) is 0 Å². The van der Waals surface area contributed by atoms with Crippen molar-refractivity contribution in [2.75, 3.05) is 6.61 Å². The van der Waals surface area contributed by atoms with Gasteiger partial charge in [-0.25, -0.2) is 0 Å². The topological polar surface area (TPSA) is 29.5 Å². The molecule has 0 radical (unpaired) electrons. The Morgan fingerprint density at radius 2 is 2.50 bits per heavy atom. The fourth-order valence-electron chi connectivity index (χ4n) is 1.54. The highest BCUT2D eigenvalue weighted by Crippen LogP contribution is 2.25. The van der Waals surface area contributed by atoms with Crippen molar-refractivity contribution in [1.82, 2.24) is 0 Å². The number of fused-ring (bicyclic) bond motifs is 1. The molecule has 1 saturated heterocycles. The standard InChI is InChI=1S/C9H11BO2/c1-7-3-2-4-9-8(5-7)6-12-10(9)11/h2-5,7,11H,6H2,1H3. The first kappa shape index (κ1) is 7.83. The summed E-state index contributed by atoms with van der Waals surface area (Å²) in [5.41, 5.74) is 2.04.